The Hall–Kier alpha value is -1.39. The van der Waals surface area contributed by atoms with Crippen LogP contribution in [0.4, 0.5) is 0 Å². The Balaban J connectivity index is 2.54. The Morgan fingerprint density at radius 1 is 1.29 bits per heavy atom. The zero-order valence-electron chi connectivity index (χ0n) is 10.6. The Morgan fingerprint density at radius 2 is 1.88 bits per heavy atom. The van der Waals surface area contributed by atoms with E-state index < -0.39 is 0 Å². The fraction of sp³-hybridized carbons (Fsp3) is 0.462. The number of hydrazine groups is 1. The van der Waals surface area contributed by atoms with Crippen LogP contribution in [-0.4, -0.2) is 12.0 Å². The molecule has 0 saturated carbocycles. The summed E-state index contributed by atoms with van der Waals surface area (Å²) in [7, 11) is 0. The fourth-order valence-corrected chi connectivity index (χ4v) is 1.26. The normalized spacial score (nSPS) is 12.5. The quantitative estimate of drug-likeness (QED) is 0.466. The molecule has 1 amide bonds. The second-order valence-electron chi connectivity index (χ2n) is 4.43. The maximum Gasteiger partial charge on any atom is 0.265 e. The lowest BCUT2D eigenvalue weighted by molar-refractivity contribution is 0.0235. The lowest BCUT2D eigenvalue weighted by atomic mass is 10.1. The number of carbonyl (C=O) groups excluding carboxylic acids is 1. The molecule has 4 nitrogen and oxygen atoms in total. The van der Waals surface area contributed by atoms with Gasteiger partial charge in [-0.2, -0.15) is 0 Å². The highest BCUT2D eigenvalue weighted by Crippen LogP contribution is 2.10. The number of hydrogen-bond acceptors (Lipinski definition) is 3. The third-order valence-corrected chi connectivity index (χ3v) is 2.80. The summed E-state index contributed by atoms with van der Waals surface area (Å²) in [5.41, 5.74) is 3.69. The standard InChI is InChI=1S/C13H20N2O2/c1-9(2)10(3)17-8-11-4-6-12(7-5-11)13(16)15-14/h4-7,9-10H,8,14H2,1-3H3,(H,15,16). The Bertz CT molecular complexity index is 360. The van der Waals surface area contributed by atoms with E-state index in [1.54, 1.807) is 12.1 Å². The molecule has 0 saturated heterocycles. The number of nitrogen functional groups attached to an aromatic ring is 1. The zero-order chi connectivity index (χ0) is 12.8. The highest BCUT2D eigenvalue weighted by molar-refractivity contribution is 5.93. The van der Waals surface area contributed by atoms with Crippen LogP contribution in [0.5, 0.6) is 0 Å². The van der Waals surface area contributed by atoms with Gasteiger partial charge in [0.15, 0.2) is 0 Å². The number of amides is 1. The van der Waals surface area contributed by atoms with Crippen LogP contribution in [-0.2, 0) is 11.3 Å². The minimum Gasteiger partial charge on any atom is -0.374 e. The van der Waals surface area contributed by atoms with Crippen LogP contribution in [0.1, 0.15) is 36.7 Å². The van der Waals surface area contributed by atoms with Crippen LogP contribution in [0.2, 0.25) is 0 Å². The third kappa shape index (κ3) is 4.17. The summed E-state index contributed by atoms with van der Waals surface area (Å²) in [6.45, 7) is 6.86. The minimum atomic E-state index is -0.284. The number of ether oxygens (including phenoxy) is 1. The van der Waals surface area contributed by atoms with Crippen LogP contribution in [0.25, 0.3) is 0 Å². The first-order chi connectivity index (χ1) is 8.04. The maximum atomic E-state index is 11.2. The van der Waals surface area contributed by atoms with Crippen LogP contribution >= 0.6 is 0 Å². The van der Waals surface area contributed by atoms with Gasteiger partial charge in [0.1, 0.15) is 0 Å². The van der Waals surface area contributed by atoms with Gasteiger partial charge in [-0.15, -0.1) is 0 Å². The third-order valence-electron chi connectivity index (χ3n) is 2.80. The highest BCUT2D eigenvalue weighted by atomic mass is 16.5. The van der Waals surface area contributed by atoms with Crippen LogP contribution in [0.3, 0.4) is 0 Å². The number of nitrogens with one attached hydrogen (secondary N) is 1. The first-order valence-corrected chi connectivity index (χ1v) is 5.76. The lowest BCUT2D eigenvalue weighted by Crippen LogP contribution is -2.29. The number of rotatable bonds is 5. The van der Waals surface area contributed by atoms with Crippen molar-refractivity contribution >= 4 is 5.91 Å². The van der Waals surface area contributed by atoms with Crippen molar-refractivity contribution < 1.29 is 9.53 Å². The molecule has 0 aromatic heterocycles. The van der Waals surface area contributed by atoms with Gasteiger partial charge in [0.05, 0.1) is 12.7 Å². The van der Waals surface area contributed by atoms with Gasteiger partial charge in [0.25, 0.3) is 5.91 Å². The molecule has 3 N–H and O–H groups in total. The SMILES string of the molecule is CC(C)C(C)OCc1ccc(C(=O)NN)cc1. The minimum absolute atomic E-state index is 0.224. The van der Waals surface area contributed by atoms with Gasteiger partial charge < -0.3 is 4.74 Å². The average molecular weight is 236 g/mol. The van der Waals surface area contributed by atoms with Gasteiger partial charge in [0, 0.05) is 5.56 Å². The molecular weight excluding hydrogens is 216 g/mol. The predicted octanol–water partition coefficient (Wildman–Crippen LogP) is 1.85. The maximum absolute atomic E-state index is 11.2. The van der Waals surface area contributed by atoms with E-state index >= 15 is 0 Å². The van der Waals surface area contributed by atoms with Gasteiger partial charge in [0.2, 0.25) is 0 Å². The van der Waals surface area contributed by atoms with Gasteiger partial charge in [-0.05, 0) is 30.5 Å². The predicted molar refractivity (Wildman–Crippen MR) is 67.2 cm³/mol. The lowest BCUT2D eigenvalue weighted by Gasteiger charge is -2.16. The largest absolute Gasteiger partial charge is 0.374 e. The van der Waals surface area contributed by atoms with Crippen LogP contribution in [0, 0.1) is 5.92 Å². The number of nitrogens with two attached hydrogens (primary N) is 1. The van der Waals surface area contributed by atoms with Crippen molar-refractivity contribution in [1.29, 1.82) is 0 Å². The first kappa shape index (κ1) is 13.7. The van der Waals surface area contributed by atoms with Crippen molar-refractivity contribution in [1.82, 2.24) is 5.43 Å². The van der Waals surface area contributed by atoms with E-state index in [9.17, 15) is 4.79 Å². The molecule has 1 unspecified atom stereocenters. The molecule has 0 spiro atoms. The fourth-order valence-electron chi connectivity index (χ4n) is 1.26. The van der Waals surface area contributed by atoms with Crippen LogP contribution in [0.15, 0.2) is 24.3 Å². The van der Waals surface area contributed by atoms with Crippen molar-refractivity contribution in [3.63, 3.8) is 0 Å². The Morgan fingerprint density at radius 3 is 2.35 bits per heavy atom. The highest BCUT2D eigenvalue weighted by Gasteiger charge is 2.07. The first-order valence-electron chi connectivity index (χ1n) is 5.76. The molecule has 0 heterocycles. The average Bonchev–Trinajstić information content (AvgIpc) is 2.35. The Kier molecular flexibility index (Phi) is 5.12. The van der Waals surface area contributed by atoms with E-state index in [1.807, 2.05) is 12.1 Å². The molecule has 1 rings (SSSR count). The van der Waals surface area contributed by atoms with Gasteiger partial charge in [-0.25, -0.2) is 5.84 Å². The molecule has 0 aliphatic heterocycles. The summed E-state index contributed by atoms with van der Waals surface area (Å²) in [6, 6.07) is 7.22. The van der Waals surface area contributed by atoms with Crippen LogP contribution < -0.4 is 11.3 Å². The van der Waals surface area contributed by atoms with E-state index in [2.05, 4.69) is 26.2 Å². The van der Waals surface area contributed by atoms with Crippen molar-refractivity contribution in [2.45, 2.75) is 33.5 Å². The summed E-state index contributed by atoms with van der Waals surface area (Å²) in [5.74, 6) is 5.26. The van der Waals surface area contributed by atoms with Gasteiger partial charge in [-0.1, -0.05) is 26.0 Å². The van der Waals surface area contributed by atoms with Crippen molar-refractivity contribution in [2.75, 3.05) is 0 Å². The van der Waals surface area contributed by atoms with E-state index in [0.717, 1.165) is 5.56 Å². The van der Waals surface area contributed by atoms with Crippen molar-refractivity contribution in [3.8, 4) is 0 Å². The Labute approximate surface area is 102 Å². The van der Waals surface area contributed by atoms with Crippen molar-refractivity contribution in [2.24, 2.45) is 11.8 Å². The summed E-state index contributed by atoms with van der Waals surface area (Å²) >= 11 is 0. The number of hydrogen-bond donors (Lipinski definition) is 2. The van der Waals surface area contributed by atoms with Gasteiger partial charge >= 0.3 is 0 Å². The summed E-state index contributed by atoms with van der Waals surface area (Å²) < 4.78 is 5.69. The van der Waals surface area contributed by atoms with E-state index in [-0.39, 0.29) is 12.0 Å². The molecule has 0 fully saturated rings. The topological polar surface area (TPSA) is 64.3 Å². The van der Waals surface area contributed by atoms with E-state index in [1.165, 1.54) is 0 Å². The molecule has 0 aliphatic rings. The summed E-state index contributed by atoms with van der Waals surface area (Å²) in [6.07, 6.45) is 0.224. The molecular formula is C13H20N2O2. The smallest absolute Gasteiger partial charge is 0.265 e. The van der Waals surface area contributed by atoms with Crippen molar-refractivity contribution in [3.05, 3.63) is 35.4 Å². The molecule has 1 aromatic carbocycles. The molecule has 1 aromatic rings. The molecule has 0 bridgehead atoms. The number of benzene rings is 1. The molecule has 0 aliphatic carbocycles. The molecule has 0 radical (unpaired) electrons. The second-order valence-corrected chi connectivity index (χ2v) is 4.43. The zero-order valence-corrected chi connectivity index (χ0v) is 10.6. The monoisotopic (exact) mass is 236 g/mol. The summed E-state index contributed by atoms with van der Waals surface area (Å²) in [5, 5.41) is 0. The van der Waals surface area contributed by atoms with Gasteiger partial charge in [-0.3, -0.25) is 10.2 Å². The summed E-state index contributed by atoms with van der Waals surface area (Å²) in [4.78, 5) is 11.2. The second kappa shape index (κ2) is 6.37. The molecule has 17 heavy (non-hydrogen) atoms. The molecule has 1 atom stereocenters. The molecule has 4 heteroatoms. The van der Waals surface area contributed by atoms with E-state index in [0.29, 0.717) is 18.1 Å². The number of carbonyl (C=O) groups is 1. The van der Waals surface area contributed by atoms with E-state index in [4.69, 9.17) is 10.6 Å². The molecule has 94 valence electrons.